The second kappa shape index (κ2) is 6.44. The maximum absolute atomic E-state index is 11.9. The van der Waals surface area contributed by atoms with Gasteiger partial charge in [0.05, 0.1) is 12.5 Å². The Morgan fingerprint density at radius 1 is 1.47 bits per heavy atom. The summed E-state index contributed by atoms with van der Waals surface area (Å²) in [6, 6.07) is 2.54. The van der Waals surface area contributed by atoms with Gasteiger partial charge in [-0.3, -0.25) is 4.79 Å². The average Bonchev–Trinajstić information content (AvgIpc) is 2.72. The van der Waals surface area contributed by atoms with Gasteiger partial charge in [-0.15, -0.1) is 0 Å². The van der Waals surface area contributed by atoms with Crippen LogP contribution < -0.4 is 0 Å². The van der Waals surface area contributed by atoms with E-state index >= 15 is 0 Å². The highest BCUT2D eigenvalue weighted by atomic mass is 16.2. The summed E-state index contributed by atoms with van der Waals surface area (Å²) < 4.78 is 0. The van der Waals surface area contributed by atoms with Crippen LogP contribution in [0.25, 0.3) is 0 Å². The minimum Gasteiger partial charge on any atom is -0.339 e. The molecule has 0 aromatic heterocycles. The maximum atomic E-state index is 11.9. The summed E-state index contributed by atoms with van der Waals surface area (Å²) in [5.74, 6) is 0.236. The molecule has 0 radical (unpaired) electrons. The molecule has 0 unspecified atom stereocenters. The van der Waals surface area contributed by atoms with Gasteiger partial charge in [-0.25, -0.2) is 0 Å². The highest BCUT2D eigenvalue weighted by Gasteiger charge is 2.25. The normalized spacial score (nSPS) is 16.3. The Morgan fingerprint density at radius 2 is 2.13 bits per heavy atom. The first-order valence-electron chi connectivity index (χ1n) is 5.96. The molecule has 3 nitrogen and oxygen atoms in total. The standard InChI is InChI=1S/C12H20N2O/c1-2-6-12(15)14(10-5-9-13)11-7-3-4-8-11/h11H,2-8,10H2,1H3. The van der Waals surface area contributed by atoms with E-state index in [0.29, 0.717) is 25.4 Å². The minimum absolute atomic E-state index is 0.236. The fourth-order valence-electron chi connectivity index (χ4n) is 2.25. The number of nitrogens with zero attached hydrogens (tertiary/aromatic N) is 2. The zero-order chi connectivity index (χ0) is 11.1. The Hall–Kier alpha value is -1.04. The highest BCUT2D eigenvalue weighted by molar-refractivity contribution is 5.76. The van der Waals surface area contributed by atoms with Crippen LogP contribution in [0.15, 0.2) is 0 Å². The van der Waals surface area contributed by atoms with Crippen molar-refractivity contribution in [1.29, 1.82) is 5.26 Å². The molecule has 0 bridgehead atoms. The van der Waals surface area contributed by atoms with E-state index in [1.807, 2.05) is 11.8 Å². The van der Waals surface area contributed by atoms with Crippen LogP contribution in [0.5, 0.6) is 0 Å². The van der Waals surface area contributed by atoms with Crippen molar-refractivity contribution in [3.63, 3.8) is 0 Å². The zero-order valence-corrected chi connectivity index (χ0v) is 9.54. The van der Waals surface area contributed by atoms with Crippen LogP contribution in [0, 0.1) is 11.3 Å². The van der Waals surface area contributed by atoms with Crippen LogP contribution >= 0.6 is 0 Å². The van der Waals surface area contributed by atoms with Gasteiger partial charge in [-0.1, -0.05) is 19.8 Å². The van der Waals surface area contributed by atoms with E-state index in [2.05, 4.69) is 6.07 Å². The molecule has 1 aliphatic carbocycles. The van der Waals surface area contributed by atoms with Gasteiger partial charge >= 0.3 is 0 Å². The number of hydrogen-bond acceptors (Lipinski definition) is 2. The molecular formula is C12H20N2O. The summed E-state index contributed by atoms with van der Waals surface area (Å²) in [5, 5.41) is 8.58. The Kier molecular flexibility index (Phi) is 5.17. The first-order valence-corrected chi connectivity index (χ1v) is 5.96. The summed E-state index contributed by atoms with van der Waals surface area (Å²) >= 11 is 0. The molecule has 0 heterocycles. The number of hydrogen-bond donors (Lipinski definition) is 0. The number of amides is 1. The first-order chi connectivity index (χ1) is 7.29. The lowest BCUT2D eigenvalue weighted by Gasteiger charge is -2.28. The maximum Gasteiger partial charge on any atom is 0.222 e. The van der Waals surface area contributed by atoms with Crippen molar-refractivity contribution in [2.24, 2.45) is 0 Å². The van der Waals surface area contributed by atoms with Crippen LogP contribution in [0.4, 0.5) is 0 Å². The second-order valence-electron chi connectivity index (χ2n) is 4.18. The predicted octanol–water partition coefficient (Wildman–Crippen LogP) is 2.47. The van der Waals surface area contributed by atoms with E-state index < -0.39 is 0 Å². The van der Waals surface area contributed by atoms with Crippen molar-refractivity contribution in [3.05, 3.63) is 0 Å². The van der Waals surface area contributed by atoms with Crippen molar-refractivity contribution >= 4 is 5.91 Å². The predicted molar refractivity (Wildman–Crippen MR) is 59.1 cm³/mol. The van der Waals surface area contributed by atoms with E-state index in [-0.39, 0.29) is 5.91 Å². The van der Waals surface area contributed by atoms with E-state index in [0.717, 1.165) is 19.3 Å². The van der Waals surface area contributed by atoms with Crippen LogP contribution in [0.3, 0.4) is 0 Å². The lowest BCUT2D eigenvalue weighted by molar-refractivity contribution is -0.133. The summed E-state index contributed by atoms with van der Waals surface area (Å²) in [5.41, 5.74) is 0. The van der Waals surface area contributed by atoms with Crippen molar-refractivity contribution in [2.45, 2.75) is 57.9 Å². The fourth-order valence-corrected chi connectivity index (χ4v) is 2.25. The van der Waals surface area contributed by atoms with Crippen molar-refractivity contribution < 1.29 is 4.79 Å². The van der Waals surface area contributed by atoms with Gasteiger partial charge in [0.2, 0.25) is 5.91 Å². The lowest BCUT2D eigenvalue weighted by atomic mass is 10.1. The summed E-state index contributed by atoms with van der Waals surface area (Å²) in [6.45, 7) is 2.65. The van der Waals surface area contributed by atoms with E-state index in [4.69, 9.17) is 5.26 Å². The van der Waals surface area contributed by atoms with Gasteiger partial charge in [0.1, 0.15) is 0 Å². The molecule has 0 spiro atoms. The number of nitriles is 1. The molecule has 84 valence electrons. The molecule has 1 aliphatic rings. The molecule has 0 aromatic rings. The lowest BCUT2D eigenvalue weighted by Crippen LogP contribution is -2.39. The van der Waals surface area contributed by atoms with Gasteiger partial charge in [0.25, 0.3) is 0 Å². The highest BCUT2D eigenvalue weighted by Crippen LogP contribution is 2.24. The molecule has 0 aliphatic heterocycles. The van der Waals surface area contributed by atoms with E-state index in [1.165, 1.54) is 12.8 Å². The van der Waals surface area contributed by atoms with Crippen LogP contribution in [-0.4, -0.2) is 23.4 Å². The molecule has 3 heteroatoms. The molecule has 1 rings (SSSR count). The van der Waals surface area contributed by atoms with Gasteiger partial charge in [0, 0.05) is 19.0 Å². The van der Waals surface area contributed by atoms with Gasteiger partial charge in [0.15, 0.2) is 0 Å². The number of carbonyl (C=O) groups excluding carboxylic acids is 1. The quantitative estimate of drug-likeness (QED) is 0.696. The molecular weight excluding hydrogens is 188 g/mol. The third-order valence-corrected chi connectivity index (χ3v) is 3.01. The monoisotopic (exact) mass is 208 g/mol. The molecule has 0 aromatic carbocycles. The zero-order valence-electron chi connectivity index (χ0n) is 9.54. The fraction of sp³-hybridized carbons (Fsp3) is 0.833. The largest absolute Gasteiger partial charge is 0.339 e. The van der Waals surface area contributed by atoms with E-state index in [1.54, 1.807) is 0 Å². The Bertz CT molecular complexity index is 238. The Labute approximate surface area is 92.1 Å². The van der Waals surface area contributed by atoms with Gasteiger partial charge in [-0.05, 0) is 19.3 Å². The summed E-state index contributed by atoms with van der Waals surface area (Å²) in [7, 11) is 0. The molecule has 0 atom stereocenters. The third kappa shape index (κ3) is 3.54. The van der Waals surface area contributed by atoms with Crippen molar-refractivity contribution in [3.8, 4) is 6.07 Å². The Morgan fingerprint density at radius 3 is 2.67 bits per heavy atom. The van der Waals surface area contributed by atoms with E-state index in [9.17, 15) is 4.79 Å². The SMILES string of the molecule is CCCC(=O)N(CCC#N)C1CCCC1. The summed E-state index contributed by atoms with van der Waals surface area (Å²) in [6.07, 6.45) is 6.70. The molecule has 1 saturated carbocycles. The first kappa shape index (κ1) is 12.0. The van der Waals surface area contributed by atoms with Crippen molar-refractivity contribution in [2.75, 3.05) is 6.54 Å². The van der Waals surface area contributed by atoms with Gasteiger partial charge in [-0.2, -0.15) is 5.26 Å². The molecule has 0 N–H and O–H groups in total. The molecule has 15 heavy (non-hydrogen) atoms. The summed E-state index contributed by atoms with van der Waals surface area (Å²) in [4.78, 5) is 13.8. The molecule has 0 saturated heterocycles. The van der Waals surface area contributed by atoms with Crippen LogP contribution in [0.1, 0.15) is 51.9 Å². The average molecular weight is 208 g/mol. The Balaban J connectivity index is 2.51. The molecule has 1 fully saturated rings. The topological polar surface area (TPSA) is 44.1 Å². The van der Waals surface area contributed by atoms with Crippen LogP contribution in [-0.2, 0) is 4.79 Å². The van der Waals surface area contributed by atoms with Crippen molar-refractivity contribution in [1.82, 2.24) is 4.90 Å². The third-order valence-electron chi connectivity index (χ3n) is 3.01. The van der Waals surface area contributed by atoms with Crippen LogP contribution in [0.2, 0.25) is 0 Å². The number of rotatable bonds is 5. The second-order valence-corrected chi connectivity index (χ2v) is 4.18. The number of carbonyl (C=O) groups is 1. The molecule has 1 amide bonds. The smallest absolute Gasteiger partial charge is 0.222 e. The minimum atomic E-state index is 0.236. The van der Waals surface area contributed by atoms with Gasteiger partial charge < -0.3 is 4.90 Å².